The highest BCUT2D eigenvalue weighted by molar-refractivity contribution is 6.88. The van der Waals surface area contributed by atoms with E-state index in [9.17, 15) is 0 Å². The minimum Gasteiger partial charge on any atom is -0.457 e. The Balaban J connectivity index is 2.24. The lowest BCUT2D eigenvalue weighted by Crippen LogP contribution is -2.43. The van der Waals surface area contributed by atoms with Gasteiger partial charge in [0.1, 0.15) is 11.5 Å². The molecule has 0 aliphatic carbocycles. The number of hydrogen-bond donors (Lipinski definition) is 0. The molecule has 1 atom stereocenters. The van der Waals surface area contributed by atoms with Gasteiger partial charge in [-0.25, -0.2) is 0 Å². The van der Waals surface area contributed by atoms with Gasteiger partial charge in [0.25, 0.3) is 0 Å². The Morgan fingerprint density at radius 2 is 1.47 bits per heavy atom. The molecule has 1 aliphatic heterocycles. The quantitative estimate of drug-likeness (QED) is 0.442. The van der Waals surface area contributed by atoms with Crippen LogP contribution in [-0.4, -0.2) is 8.07 Å². The fourth-order valence-electron chi connectivity index (χ4n) is 5.62. The first kappa shape index (κ1) is 22.6. The van der Waals surface area contributed by atoms with E-state index < -0.39 is 8.07 Å². The van der Waals surface area contributed by atoms with E-state index in [2.05, 4.69) is 110 Å². The second-order valence-electron chi connectivity index (χ2n) is 9.93. The Kier molecular flexibility index (Phi) is 6.47. The van der Waals surface area contributed by atoms with Gasteiger partial charge in [0.15, 0.2) is 0 Å². The van der Waals surface area contributed by atoms with Crippen LogP contribution in [0.3, 0.4) is 0 Å². The van der Waals surface area contributed by atoms with E-state index in [1.807, 2.05) is 0 Å². The van der Waals surface area contributed by atoms with Gasteiger partial charge in [0, 0.05) is 11.5 Å². The summed E-state index contributed by atoms with van der Waals surface area (Å²) in [4.78, 5) is 0. The predicted octanol–water partition coefficient (Wildman–Crippen LogP) is 8.49. The summed E-state index contributed by atoms with van der Waals surface area (Å²) in [6.45, 7) is 23.3. The molecule has 3 rings (SSSR count). The number of benzene rings is 2. The highest BCUT2D eigenvalue weighted by Crippen LogP contribution is 2.49. The minimum absolute atomic E-state index is 0.138. The van der Waals surface area contributed by atoms with Crippen molar-refractivity contribution in [3.05, 3.63) is 88.3 Å². The lowest BCUT2D eigenvalue weighted by atomic mass is 9.80. The van der Waals surface area contributed by atoms with E-state index in [1.54, 1.807) is 0 Å². The third-order valence-electron chi connectivity index (χ3n) is 7.24. The molecule has 0 bridgehead atoms. The molecule has 0 radical (unpaired) electrons. The summed E-state index contributed by atoms with van der Waals surface area (Å²) >= 11 is 0. The molecule has 0 aromatic heterocycles. The normalized spacial score (nSPS) is 18.3. The summed E-state index contributed by atoms with van der Waals surface area (Å²) in [5.74, 6) is 2.12. The number of fused-ring (bicyclic) bond motifs is 1. The zero-order valence-corrected chi connectivity index (χ0v) is 21.0. The van der Waals surface area contributed by atoms with Crippen LogP contribution in [0.2, 0.25) is 16.6 Å². The van der Waals surface area contributed by atoms with Gasteiger partial charge < -0.3 is 4.74 Å². The molecule has 0 amide bonds. The van der Waals surface area contributed by atoms with Crippen LogP contribution in [0, 0.1) is 13.8 Å². The number of ether oxygens (including phenoxy) is 1. The zero-order valence-electron chi connectivity index (χ0n) is 20.0. The average molecular weight is 419 g/mol. The zero-order chi connectivity index (χ0) is 22.2. The molecule has 30 heavy (non-hydrogen) atoms. The van der Waals surface area contributed by atoms with E-state index in [1.165, 1.54) is 22.3 Å². The molecular formula is C28H38OSi. The SMILES string of the molecule is C=C1/C(=C/[Si](C(C)C)(C(C)C)C(C)C)Oc2ccc(C)cc2C1c1ccccc1C. The van der Waals surface area contributed by atoms with Crippen molar-refractivity contribution in [1.29, 1.82) is 0 Å². The van der Waals surface area contributed by atoms with Crippen LogP contribution in [0.1, 0.15) is 69.7 Å². The number of rotatable bonds is 5. The summed E-state index contributed by atoms with van der Waals surface area (Å²) in [6.07, 6.45) is 0. The summed E-state index contributed by atoms with van der Waals surface area (Å²) in [7, 11) is -1.78. The topological polar surface area (TPSA) is 9.23 Å². The van der Waals surface area contributed by atoms with Gasteiger partial charge in [-0.05, 0) is 53.2 Å². The molecule has 0 saturated heterocycles. The highest BCUT2D eigenvalue weighted by atomic mass is 28.3. The molecule has 0 N–H and O–H groups in total. The molecule has 1 unspecified atom stereocenters. The standard InChI is InChI=1S/C28H38OSi/c1-18(2)30(19(3)4,20(5)6)17-27-23(9)28(24-13-11-10-12-22(24)8)25-16-21(7)14-15-26(25)29-27/h10-20,28H,9H2,1-8H3/b27-17-. The Hall–Kier alpha value is -2.06. The summed E-state index contributed by atoms with van der Waals surface area (Å²) in [5.41, 5.74) is 10.7. The van der Waals surface area contributed by atoms with E-state index in [0.717, 1.165) is 17.1 Å². The molecule has 0 spiro atoms. The molecule has 0 fully saturated rings. The van der Waals surface area contributed by atoms with Crippen molar-refractivity contribution in [1.82, 2.24) is 0 Å². The first-order chi connectivity index (χ1) is 14.1. The maximum Gasteiger partial charge on any atom is 0.131 e. The van der Waals surface area contributed by atoms with E-state index in [4.69, 9.17) is 4.74 Å². The molecular weight excluding hydrogens is 380 g/mol. The Morgan fingerprint density at radius 1 is 0.867 bits per heavy atom. The molecule has 2 aromatic carbocycles. The molecule has 0 saturated carbocycles. The molecule has 1 heterocycles. The van der Waals surface area contributed by atoms with E-state index in [-0.39, 0.29) is 5.92 Å². The van der Waals surface area contributed by atoms with Crippen molar-refractivity contribution >= 4 is 8.07 Å². The molecule has 160 valence electrons. The number of allylic oxidation sites excluding steroid dienone is 1. The monoisotopic (exact) mass is 418 g/mol. The fraction of sp³-hybridized carbons (Fsp3) is 0.429. The van der Waals surface area contributed by atoms with Crippen molar-refractivity contribution in [3.63, 3.8) is 0 Å². The number of aryl methyl sites for hydroxylation is 2. The second kappa shape index (κ2) is 8.59. The van der Waals surface area contributed by atoms with Crippen molar-refractivity contribution < 1.29 is 4.74 Å². The largest absolute Gasteiger partial charge is 0.457 e. The number of hydrogen-bond acceptors (Lipinski definition) is 1. The minimum atomic E-state index is -1.78. The molecule has 1 nitrogen and oxygen atoms in total. The Morgan fingerprint density at radius 3 is 2.03 bits per heavy atom. The smallest absolute Gasteiger partial charge is 0.131 e. The molecule has 2 aromatic rings. The van der Waals surface area contributed by atoms with Crippen LogP contribution >= 0.6 is 0 Å². The Bertz CT molecular complexity index is 943. The third kappa shape index (κ3) is 3.82. The maximum absolute atomic E-state index is 6.59. The first-order valence-electron chi connectivity index (χ1n) is 11.4. The van der Waals surface area contributed by atoms with Gasteiger partial charge in [0.05, 0.1) is 8.07 Å². The van der Waals surface area contributed by atoms with Crippen molar-refractivity contribution in [2.75, 3.05) is 0 Å². The Labute approximate surface area is 184 Å². The lowest BCUT2D eigenvalue weighted by molar-refractivity contribution is 0.407. The summed E-state index contributed by atoms with van der Waals surface area (Å²) in [6, 6.07) is 15.3. The fourth-order valence-corrected chi connectivity index (χ4v) is 11.3. The average Bonchev–Trinajstić information content (AvgIpc) is 2.66. The maximum atomic E-state index is 6.59. The van der Waals surface area contributed by atoms with Gasteiger partial charge in [-0.15, -0.1) is 0 Å². The van der Waals surface area contributed by atoms with Crippen LogP contribution < -0.4 is 4.74 Å². The van der Waals surface area contributed by atoms with Crippen LogP contribution in [-0.2, 0) is 0 Å². The lowest BCUT2D eigenvalue weighted by Gasteiger charge is -2.42. The highest BCUT2D eigenvalue weighted by Gasteiger charge is 2.43. The van der Waals surface area contributed by atoms with Crippen LogP contribution in [0.5, 0.6) is 5.75 Å². The van der Waals surface area contributed by atoms with Gasteiger partial charge in [0.2, 0.25) is 0 Å². The molecule has 1 aliphatic rings. The van der Waals surface area contributed by atoms with E-state index >= 15 is 0 Å². The van der Waals surface area contributed by atoms with Gasteiger partial charge in [-0.3, -0.25) is 0 Å². The predicted molar refractivity (Wildman–Crippen MR) is 133 cm³/mol. The van der Waals surface area contributed by atoms with Crippen LogP contribution in [0.25, 0.3) is 0 Å². The van der Waals surface area contributed by atoms with Crippen LogP contribution in [0.4, 0.5) is 0 Å². The summed E-state index contributed by atoms with van der Waals surface area (Å²) in [5, 5.41) is 0. The molecule has 2 heteroatoms. The van der Waals surface area contributed by atoms with Crippen molar-refractivity contribution in [2.45, 2.75) is 77.9 Å². The second-order valence-corrected chi connectivity index (χ2v) is 15.7. The van der Waals surface area contributed by atoms with Gasteiger partial charge in [-0.2, -0.15) is 0 Å². The van der Waals surface area contributed by atoms with Gasteiger partial charge >= 0.3 is 0 Å². The first-order valence-corrected chi connectivity index (χ1v) is 13.7. The van der Waals surface area contributed by atoms with Gasteiger partial charge in [-0.1, -0.05) is 95.8 Å². The third-order valence-corrected chi connectivity index (χ3v) is 14.0. The summed E-state index contributed by atoms with van der Waals surface area (Å²) < 4.78 is 6.59. The van der Waals surface area contributed by atoms with Crippen LogP contribution in [0.15, 0.2) is 66.1 Å². The van der Waals surface area contributed by atoms with E-state index in [0.29, 0.717) is 16.6 Å². The van der Waals surface area contributed by atoms with Crippen molar-refractivity contribution in [3.8, 4) is 5.75 Å². The van der Waals surface area contributed by atoms with Crippen molar-refractivity contribution in [2.24, 2.45) is 0 Å².